The number of nitrogens with zero attached hydrogens (tertiary/aromatic N) is 2. The summed E-state index contributed by atoms with van der Waals surface area (Å²) in [4.78, 5) is 17.1. The molecule has 0 aromatic heterocycles. The molecule has 0 saturated carbocycles. The monoisotopic (exact) mass is 320 g/mol. The first-order valence-corrected chi connectivity index (χ1v) is 8.97. The highest BCUT2D eigenvalue weighted by Crippen LogP contribution is 2.36. The van der Waals surface area contributed by atoms with Gasteiger partial charge in [0.1, 0.15) is 0 Å². The van der Waals surface area contributed by atoms with Crippen molar-refractivity contribution >= 4 is 6.03 Å². The zero-order chi connectivity index (χ0) is 17.8. The minimum Gasteiger partial charge on any atom is -0.311 e. The van der Waals surface area contributed by atoms with Crippen LogP contribution in [0.25, 0.3) is 0 Å². The van der Waals surface area contributed by atoms with E-state index in [-0.39, 0.29) is 29.2 Å². The lowest BCUT2D eigenvalue weighted by molar-refractivity contribution is 0.126. The van der Waals surface area contributed by atoms with Gasteiger partial charge in [0.25, 0.3) is 0 Å². The number of allylic oxidation sites excluding steroid dienone is 1. The summed E-state index contributed by atoms with van der Waals surface area (Å²) < 4.78 is 0. The Bertz CT molecular complexity index is 440. The van der Waals surface area contributed by atoms with Crippen molar-refractivity contribution in [2.24, 2.45) is 0 Å². The normalized spacial score (nSPS) is 23.2. The first-order valence-electron chi connectivity index (χ1n) is 8.97. The second kappa shape index (κ2) is 7.55. The predicted octanol–water partition coefficient (Wildman–Crippen LogP) is 5.38. The lowest BCUT2D eigenvalue weighted by Crippen LogP contribution is -2.50. The van der Waals surface area contributed by atoms with Crippen LogP contribution in [0.15, 0.2) is 24.8 Å². The quantitative estimate of drug-likeness (QED) is 0.476. The Hall–Kier alpha value is -1.25. The summed E-state index contributed by atoms with van der Waals surface area (Å²) in [6, 6.07) is 0.183. The van der Waals surface area contributed by atoms with E-state index in [1.54, 1.807) is 0 Å². The smallest absolute Gasteiger partial charge is 0.311 e. The number of carbonyl (C=O) groups excluding carboxylic acids is 1. The van der Waals surface area contributed by atoms with E-state index in [2.05, 4.69) is 67.2 Å². The van der Waals surface area contributed by atoms with Crippen LogP contribution in [0.1, 0.15) is 74.1 Å². The summed E-state index contributed by atoms with van der Waals surface area (Å²) in [5.74, 6) is 0. The molecule has 3 heteroatoms. The van der Waals surface area contributed by atoms with Gasteiger partial charge in [-0.05, 0) is 54.4 Å². The van der Waals surface area contributed by atoms with E-state index in [1.807, 2.05) is 15.9 Å². The number of hydrogen-bond acceptors (Lipinski definition) is 1. The summed E-state index contributed by atoms with van der Waals surface area (Å²) >= 11 is 0. The van der Waals surface area contributed by atoms with Crippen molar-refractivity contribution in [3.05, 3.63) is 24.8 Å². The minimum atomic E-state index is -0.218. The average Bonchev–Trinajstić information content (AvgIpc) is 2.70. The van der Waals surface area contributed by atoms with Crippen LogP contribution in [0.3, 0.4) is 0 Å². The molecule has 2 atom stereocenters. The molecule has 1 rings (SSSR count). The lowest BCUT2D eigenvalue weighted by Gasteiger charge is -2.36. The van der Waals surface area contributed by atoms with Crippen molar-refractivity contribution in [2.75, 3.05) is 0 Å². The van der Waals surface area contributed by atoms with Crippen molar-refractivity contribution in [2.45, 2.75) is 97.3 Å². The molecule has 0 bridgehead atoms. The topological polar surface area (TPSA) is 23.6 Å². The van der Waals surface area contributed by atoms with E-state index in [1.165, 1.54) is 19.3 Å². The predicted molar refractivity (Wildman–Crippen MR) is 99.6 cm³/mol. The van der Waals surface area contributed by atoms with Gasteiger partial charge in [-0.15, -0.1) is 6.58 Å². The van der Waals surface area contributed by atoms with Crippen LogP contribution in [-0.2, 0) is 0 Å². The Labute approximate surface area is 143 Å². The molecule has 0 unspecified atom stereocenters. The number of unbranched alkanes of at least 4 members (excludes halogenated alkanes) is 3. The van der Waals surface area contributed by atoms with Gasteiger partial charge < -0.3 is 9.80 Å². The van der Waals surface area contributed by atoms with Crippen molar-refractivity contribution in [3.8, 4) is 0 Å². The highest BCUT2D eigenvalue weighted by Gasteiger charge is 2.50. The third kappa shape index (κ3) is 4.62. The van der Waals surface area contributed by atoms with Gasteiger partial charge in [0.05, 0.1) is 12.1 Å². The van der Waals surface area contributed by atoms with Gasteiger partial charge in [-0.3, -0.25) is 0 Å². The fraction of sp³-hybridized carbons (Fsp3) is 0.750. The van der Waals surface area contributed by atoms with E-state index in [0.29, 0.717) is 0 Å². The second-order valence-electron chi connectivity index (χ2n) is 8.51. The van der Waals surface area contributed by atoms with Gasteiger partial charge in [-0.1, -0.05) is 38.0 Å². The van der Waals surface area contributed by atoms with E-state index in [0.717, 1.165) is 6.42 Å². The molecule has 1 aliphatic heterocycles. The Morgan fingerprint density at radius 3 is 1.96 bits per heavy atom. The van der Waals surface area contributed by atoms with E-state index in [4.69, 9.17) is 0 Å². The van der Waals surface area contributed by atoms with Gasteiger partial charge in [-0.25, -0.2) is 4.79 Å². The van der Waals surface area contributed by atoms with Gasteiger partial charge in [0.15, 0.2) is 0 Å². The largest absolute Gasteiger partial charge is 0.322 e. The molecule has 0 aliphatic carbocycles. The molecule has 23 heavy (non-hydrogen) atoms. The minimum absolute atomic E-state index is 0.0177. The Balaban J connectivity index is 3.10. The number of carbonyl (C=O) groups is 1. The number of rotatable bonds is 6. The molecule has 132 valence electrons. The number of urea groups is 1. The van der Waals surface area contributed by atoms with Gasteiger partial charge in [0.2, 0.25) is 0 Å². The SMILES string of the molecule is C=C[C@@H]1[C@@H](/C=C/CCCCC)N(C(C)(C)C)C(=O)N1C(C)(C)C. The van der Waals surface area contributed by atoms with Crippen molar-refractivity contribution < 1.29 is 4.79 Å². The lowest BCUT2D eigenvalue weighted by atomic mass is 9.98. The standard InChI is InChI=1S/C20H36N2O/c1-9-11-12-13-14-15-17-16(10-2)21(19(3,4)5)18(23)22(17)20(6,7)8/h10,14-17H,2,9,11-13H2,1,3-8H3/b15-14+/t16-,17-/m1/s1. The summed E-state index contributed by atoms with van der Waals surface area (Å²) in [6.07, 6.45) is 11.2. The average molecular weight is 321 g/mol. The molecule has 1 heterocycles. The molecule has 1 saturated heterocycles. The third-order valence-electron chi connectivity index (χ3n) is 4.35. The summed E-state index contributed by atoms with van der Waals surface area (Å²) in [5.41, 5.74) is -0.430. The van der Waals surface area contributed by atoms with Gasteiger partial charge >= 0.3 is 6.03 Å². The molecule has 1 fully saturated rings. The van der Waals surface area contributed by atoms with Crippen LogP contribution in [0.4, 0.5) is 4.79 Å². The fourth-order valence-corrected chi connectivity index (χ4v) is 3.34. The third-order valence-corrected chi connectivity index (χ3v) is 4.35. The van der Waals surface area contributed by atoms with Crippen molar-refractivity contribution in [1.82, 2.24) is 9.80 Å². The van der Waals surface area contributed by atoms with Crippen LogP contribution in [0, 0.1) is 0 Å². The summed E-state index contributed by atoms with van der Waals surface area (Å²) in [6.45, 7) is 18.8. The maximum atomic E-state index is 13.1. The highest BCUT2D eigenvalue weighted by atomic mass is 16.2. The first-order chi connectivity index (χ1) is 10.6. The van der Waals surface area contributed by atoms with Crippen molar-refractivity contribution in [3.63, 3.8) is 0 Å². The molecular weight excluding hydrogens is 284 g/mol. The molecular formula is C20H36N2O. The van der Waals surface area contributed by atoms with Gasteiger partial charge in [-0.2, -0.15) is 0 Å². The van der Waals surface area contributed by atoms with Crippen LogP contribution in [0.2, 0.25) is 0 Å². The molecule has 1 aliphatic rings. The fourth-order valence-electron chi connectivity index (χ4n) is 3.34. The molecule has 2 amide bonds. The molecule has 0 aromatic carbocycles. The van der Waals surface area contributed by atoms with E-state index < -0.39 is 0 Å². The molecule has 3 nitrogen and oxygen atoms in total. The maximum absolute atomic E-state index is 13.1. The van der Waals surface area contributed by atoms with Crippen LogP contribution in [0.5, 0.6) is 0 Å². The van der Waals surface area contributed by atoms with Gasteiger partial charge in [0, 0.05) is 11.1 Å². The molecule has 0 aromatic rings. The first kappa shape index (κ1) is 19.8. The van der Waals surface area contributed by atoms with Crippen LogP contribution < -0.4 is 0 Å². The molecule has 0 spiro atoms. The number of amides is 2. The second-order valence-corrected chi connectivity index (χ2v) is 8.51. The summed E-state index contributed by atoms with van der Waals surface area (Å²) in [7, 11) is 0. The van der Waals surface area contributed by atoms with E-state index in [9.17, 15) is 4.79 Å². The summed E-state index contributed by atoms with van der Waals surface area (Å²) in [5, 5.41) is 0. The zero-order valence-corrected chi connectivity index (χ0v) is 16.2. The zero-order valence-electron chi connectivity index (χ0n) is 16.2. The van der Waals surface area contributed by atoms with E-state index >= 15 is 0 Å². The number of hydrogen-bond donors (Lipinski definition) is 0. The van der Waals surface area contributed by atoms with Crippen LogP contribution in [-0.4, -0.2) is 39.0 Å². The Morgan fingerprint density at radius 1 is 1.00 bits per heavy atom. The maximum Gasteiger partial charge on any atom is 0.322 e. The Kier molecular flexibility index (Phi) is 6.49. The Morgan fingerprint density at radius 2 is 1.52 bits per heavy atom. The van der Waals surface area contributed by atoms with Crippen LogP contribution >= 0.6 is 0 Å². The molecule has 0 N–H and O–H groups in total. The van der Waals surface area contributed by atoms with Crippen molar-refractivity contribution in [1.29, 1.82) is 0 Å². The molecule has 0 radical (unpaired) electrons. The highest BCUT2D eigenvalue weighted by molar-refractivity contribution is 5.80.